The maximum atomic E-state index is 13.0. The van der Waals surface area contributed by atoms with Crippen molar-refractivity contribution < 1.29 is 13.2 Å². The van der Waals surface area contributed by atoms with Gasteiger partial charge in [0.15, 0.2) is 0 Å². The van der Waals surface area contributed by atoms with E-state index in [1.54, 1.807) is 22.5 Å². The molecule has 2 unspecified atom stereocenters. The predicted octanol–water partition coefficient (Wildman–Crippen LogP) is 1.26. The third-order valence-electron chi connectivity index (χ3n) is 4.94. The maximum Gasteiger partial charge on any atom is 0.243 e. The van der Waals surface area contributed by atoms with Crippen molar-refractivity contribution in [2.45, 2.75) is 55.1 Å². The van der Waals surface area contributed by atoms with Gasteiger partial charge in [0.25, 0.3) is 0 Å². The summed E-state index contributed by atoms with van der Waals surface area (Å²) in [6, 6.07) is 5.54. The molecule has 0 amide bonds. The van der Waals surface area contributed by atoms with E-state index in [0.29, 0.717) is 11.5 Å². The summed E-state index contributed by atoms with van der Waals surface area (Å²) in [7, 11) is -3.42. The summed E-state index contributed by atoms with van der Waals surface area (Å²) in [5.41, 5.74) is 7.03. The zero-order chi connectivity index (χ0) is 14.6. The molecule has 3 aliphatic rings. The summed E-state index contributed by atoms with van der Waals surface area (Å²) in [4.78, 5) is 0.402. The largest absolute Gasteiger partial charge is 0.493 e. The fourth-order valence-corrected chi connectivity index (χ4v) is 5.96. The summed E-state index contributed by atoms with van der Waals surface area (Å²) >= 11 is 0. The van der Waals surface area contributed by atoms with Gasteiger partial charge in [0.2, 0.25) is 10.0 Å². The minimum atomic E-state index is -3.42. The van der Waals surface area contributed by atoms with Gasteiger partial charge in [-0.1, -0.05) is 0 Å². The van der Waals surface area contributed by atoms with Gasteiger partial charge in [-0.25, -0.2) is 8.42 Å². The van der Waals surface area contributed by atoms with Gasteiger partial charge in [-0.05, 0) is 49.4 Å². The Morgan fingerprint density at radius 1 is 1.19 bits per heavy atom. The van der Waals surface area contributed by atoms with Crippen LogP contribution in [0.5, 0.6) is 5.75 Å². The van der Waals surface area contributed by atoms with E-state index in [1.807, 2.05) is 0 Å². The normalized spacial score (nSPS) is 32.0. The molecule has 3 aliphatic heterocycles. The number of fused-ring (bicyclic) bond motifs is 3. The third kappa shape index (κ3) is 2.08. The second kappa shape index (κ2) is 4.69. The molecule has 0 spiro atoms. The first kappa shape index (κ1) is 13.5. The minimum Gasteiger partial charge on any atom is -0.493 e. The number of rotatable bonds is 2. The number of piperidine rings is 1. The van der Waals surface area contributed by atoms with Crippen LogP contribution >= 0.6 is 0 Å². The van der Waals surface area contributed by atoms with Crippen molar-refractivity contribution in [1.82, 2.24) is 4.31 Å². The molecule has 5 nitrogen and oxygen atoms in total. The Hall–Kier alpha value is -1.11. The van der Waals surface area contributed by atoms with Gasteiger partial charge in [-0.3, -0.25) is 0 Å². The number of hydrogen-bond acceptors (Lipinski definition) is 4. The molecule has 21 heavy (non-hydrogen) atoms. The average molecular weight is 308 g/mol. The lowest BCUT2D eigenvalue weighted by atomic mass is 10.0. The molecule has 6 heteroatoms. The molecule has 0 aliphatic carbocycles. The van der Waals surface area contributed by atoms with Crippen molar-refractivity contribution in [3.63, 3.8) is 0 Å². The van der Waals surface area contributed by atoms with Crippen LogP contribution in [0.2, 0.25) is 0 Å². The summed E-state index contributed by atoms with van der Waals surface area (Å²) in [6.45, 7) is 0.642. The second-order valence-electron chi connectivity index (χ2n) is 6.32. The number of sulfonamides is 1. The van der Waals surface area contributed by atoms with Crippen molar-refractivity contribution in [2.24, 2.45) is 5.73 Å². The van der Waals surface area contributed by atoms with Crippen LogP contribution in [-0.2, 0) is 16.4 Å². The van der Waals surface area contributed by atoms with E-state index in [-0.39, 0.29) is 18.1 Å². The van der Waals surface area contributed by atoms with Crippen molar-refractivity contribution in [3.8, 4) is 5.75 Å². The van der Waals surface area contributed by atoms with Crippen molar-refractivity contribution in [2.75, 3.05) is 6.61 Å². The second-order valence-corrected chi connectivity index (χ2v) is 8.16. The van der Waals surface area contributed by atoms with Gasteiger partial charge in [-0.2, -0.15) is 4.31 Å². The molecular formula is C15H20N2O3S. The van der Waals surface area contributed by atoms with Crippen molar-refractivity contribution in [1.29, 1.82) is 0 Å². The van der Waals surface area contributed by atoms with Crippen LogP contribution < -0.4 is 10.5 Å². The van der Waals surface area contributed by atoms with Crippen molar-refractivity contribution >= 4 is 10.0 Å². The van der Waals surface area contributed by atoms with Crippen LogP contribution in [0.25, 0.3) is 0 Å². The predicted molar refractivity (Wildman–Crippen MR) is 78.7 cm³/mol. The van der Waals surface area contributed by atoms with Gasteiger partial charge >= 0.3 is 0 Å². The van der Waals surface area contributed by atoms with E-state index in [0.717, 1.165) is 43.4 Å². The summed E-state index contributed by atoms with van der Waals surface area (Å²) < 4.78 is 33.2. The molecule has 0 saturated carbocycles. The molecule has 2 fully saturated rings. The fraction of sp³-hybridized carbons (Fsp3) is 0.600. The zero-order valence-corrected chi connectivity index (χ0v) is 12.7. The number of hydrogen-bond donors (Lipinski definition) is 1. The van der Waals surface area contributed by atoms with Gasteiger partial charge in [0, 0.05) is 24.5 Å². The standard InChI is InChI=1S/C15H20N2O3S/c16-11-8-12-1-2-13(9-11)17(12)21(18,19)14-3-4-15-10(7-14)5-6-20-15/h3-4,7,11-13H,1-2,5-6,8-9,16H2. The first-order valence-electron chi connectivity index (χ1n) is 7.60. The first-order chi connectivity index (χ1) is 10.1. The Kier molecular flexibility index (Phi) is 3.03. The molecule has 0 radical (unpaired) electrons. The van der Waals surface area contributed by atoms with E-state index in [9.17, 15) is 8.42 Å². The Balaban J connectivity index is 1.71. The fourth-order valence-electron chi connectivity index (χ4n) is 4.01. The third-order valence-corrected chi connectivity index (χ3v) is 6.94. The van der Waals surface area contributed by atoms with Crippen LogP contribution in [0.3, 0.4) is 0 Å². The van der Waals surface area contributed by atoms with Crippen LogP contribution in [-0.4, -0.2) is 37.5 Å². The monoisotopic (exact) mass is 308 g/mol. The van der Waals surface area contributed by atoms with Gasteiger partial charge in [0.1, 0.15) is 5.75 Å². The average Bonchev–Trinajstić information content (AvgIpc) is 3.01. The van der Waals surface area contributed by atoms with Gasteiger partial charge in [0.05, 0.1) is 11.5 Å². The summed E-state index contributed by atoms with van der Waals surface area (Å²) in [5, 5.41) is 0. The highest BCUT2D eigenvalue weighted by atomic mass is 32.2. The molecule has 4 rings (SSSR count). The number of benzene rings is 1. The van der Waals surface area contributed by atoms with E-state index in [1.165, 1.54) is 0 Å². The van der Waals surface area contributed by atoms with Crippen LogP contribution in [0.4, 0.5) is 0 Å². The Morgan fingerprint density at radius 3 is 2.62 bits per heavy atom. The first-order valence-corrected chi connectivity index (χ1v) is 9.04. The Bertz CT molecular complexity index is 659. The van der Waals surface area contributed by atoms with E-state index in [4.69, 9.17) is 10.5 Å². The molecule has 2 N–H and O–H groups in total. The molecule has 2 bridgehead atoms. The van der Waals surface area contributed by atoms with Crippen molar-refractivity contribution in [3.05, 3.63) is 23.8 Å². The Labute approximate surface area is 125 Å². The molecule has 2 saturated heterocycles. The molecular weight excluding hydrogens is 288 g/mol. The number of nitrogens with two attached hydrogens (primary N) is 1. The van der Waals surface area contributed by atoms with Crippen LogP contribution in [0.1, 0.15) is 31.2 Å². The summed E-state index contributed by atoms with van der Waals surface area (Å²) in [5.74, 6) is 0.817. The lowest BCUT2D eigenvalue weighted by molar-refractivity contribution is 0.227. The molecule has 3 heterocycles. The minimum absolute atomic E-state index is 0.0771. The topological polar surface area (TPSA) is 72.6 Å². The lowest BCUT2D eigenvalue weighted by Gasteiger charge is -2.36. The molecule has 1 aromatic rings. The number of nitrogens with zero attached hydrogens (tertiary/aromatic N) is 1. The van der Waals surface area contributed by atoms with Crippen LogP contribution in [0, 0.1) is 0 Å². The zero-order valence-electron chi connectivity index (χ0n) is 11.9. The SMILES string of the molecule is NC1CC2CCC(C1)N2S(=O)(=O)c1ccc2c(c1)CCO2. The molecule has 2 atom stereocenters. The summed E-state index contributed by atoms with van der Waals surface area (Å²) in [6.07, 6.45) is 4.22. The van der Waals surface area contributed by atoms with E-state index >= 15 is 0 Å². The number of ether oxygens (including phenoxy) is 1. The highest BCUT2D eigenvalue weighted by molar-refractivity contribution is 7.89. The maximum absolute atomic E-state index is 13.0. The Morgan fingerprint density at radius 2 is 1.90 bits per heavy atom. The molecule has 1 aromatic carbocycles. The van der Waals surface area contributed by atoms with E-state index in [2.05, 4.69) is 0 Å². The quantitative estimate of drug-likeness (QED) is 0.893. The van der Waals surface area contributed by atoms with Gasteiger partial charge < -0.3 is 10.5 Å². The molecule has 114 valence electrons. The van der Waals surface area contributed by atoms with Gasteiger partial charge in [-0.15, -0.1) is 0 Å². The highest BCUT2D eigenvalue weighted by Crippen LogP contribution is 2.40. The highest BCUT2D eigenvalue weighted by Gasteiger charge is 2.46. The van der Waals surface area contributed by atoms with E-state index < -0.39 is 10.0 Å². The van der Waals surface area contributed by atoms with Crippen LogP contribution in [0.15, 0.2) is 23.1 Å². The smallest absolute Gasteiger partial charge is 0.243 e. The lowest BCUT2D eigenvalue weighted by Crippen LogP contribution is -2.49. The molecule has 0 aromatic heterocycles.